The number of carbonyl (C=O) groups is 3. The predicted octanol–water partition coefficient (Wildman–Crippen LogP) is 1.95. The number of nitro benzene ring substituents is 1. The van der Waals surface area contributed by atoms with Gasteiger partial charge in [-0.3, -0.25) is 29.4 Å². The third-order valence-corrected chi connectivity index (χ3v) is 4.34. The standard InChI is InChI=1S/C19H16N2O8/c1-27-12-6-7-15(28-2)11(8-12)10-29-16(22)9-20-18(23)13-4-3-5-14(21(25)26)17(13)19(20)24/h3-8H,9-10H2,1-2H3. The zero-order chi connectivity index (χ0) is 21.1. The molecule has 0 aromatic heterocycles. The van der Waals surface area contributed by atoms with Gasteiger partial charge in [0.1, 0.15) is 30.2 Å². The van der Waals surface area contributed by atoms with E-state index in [0.717, 1.165) is 6.07 Å². The Morgan fingerprint density at radius 1 is 1.10 bits per heavy atom. The molecule has 2 aromatic rings. The Morgan fingerprint density at radius 3 is 2.52 bits per heavy atom. The number of nitro groups is 1. The third-order valence-electron chi connectivity index (χ3n) is 4.34. The van der Waals surface area contributed by atoms with Gasteiger partial charge < -0.3 is 14.2 Å². The van der Waals surface area contributed by atoms with Crippen molar-refractivity contribution in [2.45, 2.75) is 6.61 Å². The Morgan fingerprint density at radius 2 is 1.86 bits per heavy atom. The minimum Gasteiger partial charge on any atom is -0.497 e. The summed E-state index contributed by atoms with van der Waals surface area (Å²) in [5, 5.41) is 11.1. The molecular formula is C19H16N2O8. The molecule has 10 nitrogen and oxygen atoms in total. The maximum atomic E-state index is 12.5. The van der Waals surface area contributed by atoms with Crippen LogP contribution in [0.3, 0.4) is 0 Å². The Bertz CT molecular complexity index is 1020. The van der Waals surface area contributed by atoms with Crippen LogP contribution in [0.5, 0.6) is 11.5 Å². The largest absolute Gasteiger partial charge is 0.497 e. The highest BCUT2D eigenvalue weighted by molar-refractivity contribution is 6.24. The normalized spacial score (nSPS) is 12.6. The van der Waals surface area contributed by atoms with Gasteiger partial charge in [0.25, 0.3) is 17.5 Å². The minimum atomic E-state index is -0.909. The number of amides is 2. The topological polar surface area (TPSA) is 125 Å². The highest BCUT2D eigenvalue weighted by Crippen LogP contribution is 2.30. The molecule has 0 saturated heterocycles. The summed E-state index contributed by atoms with van der Waals surface area (Å²) in [7, 11) is 2.94. The number of hydrogen-bond donors (Lipinski definition) is 0. The molecule has 0 N–H and O–H groups in total. The van der Waals surface area contributed by atoms with Crippen LogP contribution >= 0.6 is 0 Å². The fourth-order valence-corrected chi connectivity index (χ4v) is 2.94. The van der Waals surface area contributed by atoms with Crippen LogP contribution in [0.2, 0.25) is 0 Å². The van der Waals surface area contributed by atoms with Crippen LogP contribution in [0.4, 0.5) is 5.69 Å². The van der Waals surface area contributed by atoms with Gasteiger partial charge in [-0.25, -0.2) is 0 Å². The zero-order valence-corrected chi connectivity index (χ0v) is 15.5. The number of esters is 1. The molecule has 1 aliphatic rings. The van der Waals surface area contributed by atoms with E-state index in [-0.39, 0.29) is 17.7 Å². The van der Waals surface area contributed by atoms with Gasteiger partial charge in [0.2, 0.25) is 0 Å². The molecule has 2 aromatic carbocycles. The van der Waals surface area contributed by atoms with Gasteiger partial charge in [0.15, 0.2) is 0 Å². The van der Waals surface area contributed by atoms with E-state index in [1.807, 2.05) is 0 Å². The van der Waals surface area contributed by atoms with Crippen molar-refractivity contribution in [1.82, 2.24) is 4.90 Å². The summed E-state index contributed by atoms with van der Waals surface area (Å²) in [6.45, 7) is -0.849. The first-order chi connectivity index (χ1) is 13.9. The van der Waals surface area contributed by atoms with Gasteiger partial charge in [0, 0.05) is 11.6 Å². The van der Waals surface area contributed by atoms with Crippen molar-refractivity contribution < 1.29 is 33.5 Å². The van der Waals surface area contributed by atoms with Gasteiger partial charge in [-0.15, -0.1) is 0 Å². The number of hydrogen-bond acceptors (Lipinski definition) is 8. The molecule has 2 amide bonds. The number of carbonyl (C=O) groups excluding carboxylic acids is 3. The molecule has 0 unspecified atom stereocenters. The van der Waals surface area contributed by atoms with Gasteiger partial charge >= 0.3 is 5.97 Å². The van der Waals surface area contributed by atoms with Crippen LogP contribution in [0.25, 0.3) is 0 Å². The fourth-order valence-electron chi connectivity index (χ4n) is 2.94. The highest BCUT2D eigenvalue weighted by atomic mass is 16.6. The molecule has 0 fully saturated rings. The Kier molecular flexibility index (Phi) is 5.44. The quantitative estimate of drug-likeness (QED) is 0.299. The molecule has 0 bridgehead atoms. The minimum absolute atomic E-state index is 0.119. The summed E-state index contributed by atoms with van der Waals surface area (Å²) in [4.78, 5) is 48.1. The van der Waals surface area contributed by atoms with Crippen LogP contribution in [-0.4, -0.2) is 48.4 Å². The molecule has 0 saturated carbocycles. The summed E-state index contributed by atoms with van der Waals surface area (Å²) in [5.74, 6) is -1.55. The molecule has 1 heterocycles. The monoisotopic (exact) mass is 400 g/mol. The lowest BCUT2D eigenvalue weighted by molar-refractivity contribution is -0.385. The van der Waals surface area contributed by atoms with Crippen molar-refractivity contribution in [3.8, 4) is 11.5 Å². The predicted molar refractivity (Wildman–Crippen MR) is 97.8 cm³/mol. The van der Waals surface area contributed by atoms with Gasteiger partial charge in [-0.2, -0.15) is 0 Å². The second-order valence-corrected chi connectivity index (χ2v) is 5.99. The second kappa shape index (κ2) is 7.97. The molecule has 0 atom stereocenters. The summed E-state index contributed by atoms with van der Waals surface area (Å²) < 4.78 is 15.5. The molecule has 10 heteroatoms. The molecular weight excluding hydrogens is 384 g/mol. The number of rotatable bonds is 7. The number of fused-ring (bicyclic) bond motifs is 1. The number of benzene rings is 2. The molecule has 29 heavy (non-hydrogen) atoms. The van der Waals surface area contributed by atoms with Crippen molar-refractivity contribution in [2.24, 2.45) is 0 Å². The molecule has 1 aliphatic heterocycles. The summed E-state index contributed by atoms with van der Waals surface area (Å²) in [5.41, 5.74) is -0.410. The third kappa shape index (κ3) is 3.72. The van der Waals surface area contributed by atoms with Crippen LogP contribution in [0.15, 0.2) is 36.4 Å². The van der Waals surface area contributed by atoms with Gasteiger partial charge in [0.05, 0.1) is 24.7 Å². The molecule has 0 spiro atoms. The number of imide groups is 1. The lowest BCUT2D eigenvalue weighted by atomic mass is 10.1. The lowest BCUT2D eigenvalue weighted by Crippen LogP contribution is -2.35. The van der Waals surface area contributed by atoms with Gasteiger partial charge in [-0.1, -0.05) is 6.07 Å². The van der Waals surface area contributed by atoms with Crippen LogP contribution < -0.4 is 9.47 Å². The Balaban J connectivity index is 1.72. The SMILES string of the molecule is COc1ccc(OC)c(COC(=O)CN2C(=O)c3cccc([N+](=O)[O-])c3C2=O)c1. The first kappa shape index (κ1) is 19.8. The Hall–Kier alpha value is -3.95. The van der Waals surface area contributed by atoms with Crippen LogP contribution in [0.1, 0.15) is 26.3 Å². The molecule has 0 aliphatic carbocycles. The summed E-state index contributed by atoms with van der Waals surface area (Å²) in [6, 6.07) is 8.67. The first-order valence-electron chi connectivity index (χ1n) is 8.37. The molecule has 150 valence electrons. The van der Waals surface area contributed by atoms with E-state index in [9.17, 15) is 24.5 Å². The lowest BCUT2D eigenvalue weighted by Gasteiger charge is -2.14. The van der Waals surface area contributed by atoms with Crippen LogP contribution in [-0.2, 0) is 16.1 Å². The molecule has 0 radical (unpaired) electrons. The average Bonchev–Trinajstić information content (AvgIpc) is 2.96. The van der Waals surface area contributed by atoms with Crippen molar-refractivity contribution in [3.63, 3.8) is 0 Å². The smallest absolute Gasteiger partial charge is 0.326 e. The van der Waals surface area contributed by atoms with E-state index in [4.69, 9.17) is 14.2 Å². The summed E-state index contributed by atoms with van der Waals surface area (Å²) in [6.07, 6.45) is 0. The Labute approximate surface area is 164 Å². The van der Waals surface area contributed by atoms with E-state index < -0.39 is 34.9 Å². The van der Waals surface area contributed by atoms with Crippen molar-refractivity contribution >= 4 is 23.5 Å². The maximum Gasteiger partial charge on any atom is 0.326 e. The van der Waals surface area contributed by atoms with Crippen molar-refractivity contribution in [1.29, 1.82) is 0 Å². The van der Waals surface area contributed by atoms with Gasteiger partial charge in [-0.05, 0) is 24.3 Å². The maximum absolute atomic E-state index is 12.5. The van der Waals surface area contributed by atoms with E-state index in [1.165, 1.54) is 26.4 Å². The first-order valence-corrected chi connectivity index (χ1v) is 8.37. The van der Waals surface area contributed by atoms with E-state index in [0.29, 0.717) is 22.0 Å². The average molecular weight is 400 g/mol. The van der Waals surface area contributed by atoms with E-state index >= 15 is 0 Å². The second-order valence-electron chi connectivity index (χ2n) is 5.99. The fraction of sp³-hybridized carbons (Fsp3) is 0.211. The summed E-state index contributed by atoms with van der Waals surface area (Å²) >= 11 is 0. The van der Waals surface area contributed by atoms with Crippen molar-refractivity contribution in [2.75, 3.05) is 20.8 Å². The number of ether oxygens (including phenoxy) is 3. The zero-order valence-electron chi connectivity index (χ0n) is 15.5. The molecule has 3 rings (SSSR count). The number of nitrogens with zero attached hydrogens (tertiary/aromatic N) is 2. The highest BCUT2D eigenvalue weighted by Gasteiger charge is 2.41. The van der Waals surface area contributed by atoms with E-state index in [2.05, 4.69) is 0 Å². The number of methoxy groups -OCH3 is 2. The van der Waals surface area contributed by atoms with Crippen LogP contribution in [0, 0.1) is 10.1 Å². The van der Waals surface area contributed by atoms with Crippen molar-refractivity contribution in [3.05, 3.63) is 63.2 Å². The van der Waals surface area contributed by atoms with E-state index in [1.54, 1.807) is 18.2 Å².